The average molecular weight is 566 g/mol. The number of benzene rings is 1. The number of piperidine rings is 1. The van der Waals surface area contributed by atoms with E-state index in [0.717, 1.165) is 89.0 Å². The molecule has 37 heavy (non-hydrogen) atoms. The molecule has 1 N–H and O–H groups in total. The lowest BCUT2D eigenvalue weighted by atomic mass is 10.00. The largest absolute Gasteiger partial charge is 0.493 e. The Hall–Kier alpha value is -1.25. The van der Waals surface area contributed by atoms with Gasteiger partial charge in [0, 0.05) is 59.3 Å². The van der Waals surface area contributed by atoms with Crippen molar-refractivity contribution in [1.29, 1.82) is 0 Å². The number of nitrogens with zero attached hydrogens (tertiary/aromatic N) is 1. The van der Waals surface area contributed by atoms with Gasteiger partial charge in [-0.25, -0.2) is 0 Å². The monoisotopic (exact) mass is 564 g/mol. The maximum Gasteiger partial charge on any atom is 0.222 e. The van der Waals surface area contributed by atoms with Crippen molar-refractivity contribution >= 4 is 30.7 Å². The van der Waals surface area contributed by atoms with Crippen molar-refractivity contribution in [1.82, 2.24) is 10.2 Å². The van der Waals surface area contributed by atoms with Gasteiger partial charge in [-0.05, 0) is 49.8 Å². The van der Waals surface area contributed by atoms with Gasteiger partial charge in [-0.2, -0.15) is 0 Å². The SMILES string of the molecule is COCCCOc1cc(CCCCCC[C@@H](C)C(=O)NCCN2CCC(OC)CC2)ccc1OC.Cl.Cl. The van der Waals surface area contributed by atoms with Gasteiger partial charge in [0.15, 0.2) is 11.5 Å². The number of methoxy groups -OCH3 is 3. The van der Waals surface area contributed by atoms with Gasteiger partial charge in [0.05, 0.1) is 19.8 Å². The van der Waals surface area contributed by atoms with Gasteiger partial charge >= 0.3 is 0 Å². The predicted molar refractivity (Wildman–Crippen MR) is 155 cm³/mol. The van der Waals surface area contributed by atoms with Crippen LogP contribution in [0.4, 0.5) is 0 Å². The molecular weight excluding hydrogens is 515 g/mol. The first kappa shape index (κ1) is 35.8. The molecule has 216 valence electrons. The third kappa shape index (κ3) is 14.5. The van der Waals surface area contributed by atoms with Crippen molar-refractivity contribution in [3.8, 4) is 11.5 Å². The van der Waals surface area contributed by atoms with E-state index in [9.17, 15) is 4.79 Å². The third-order valence-electron chi connectivity index (χ3n) is 6.87. The number of amides is 1. The number of halogens is 2. The van der Waals surface area contributed by atoms with Crippen molar-refractivity contribution in [2.45, 2.75) is 70.8 Å². The molecule has 0 aromatic heterocycles. The first-order valence-electron chi connectivity index (χ1n) is 13.4. The Morgan fingerprint density at radius 1 is 1.00 bits per heavy atom. The number of ether oxygens (including phenoxy) is 4. The molecule has 1 atom stereocenters. The highest BCUT2D eigenvalue weighted by Crippen LogP contribution is 2.29. The third-order valence-corrected chi connectivity index (χ3v) is 6.87. The Balaban J connectivity index is 0.00000648. The van der Waals surface area contributed by atoms with Crippen LogP contribution in [0.5, 0.6) is 11.5 Å². The van der Waals surface area contributed by atoms with E-state index in [1.54, 1.807) is 21.3 Å². The number of hydrogen-bond donors (Lipinski definition) is 1. The molecule has 1 amide bonds. The molecule has 0 unspecified atom stereocenters. The van der Waals surface area contributed by atoms with Crippen LogP contribution in [0, 0.1) is 5.92 Å². The second-order valence-corrected chi connectivity index (χ2v) is 9.60. The van der Waals surface area contributed by atoms with Gasteiger partial charge in [-0.3, -0.25) is 4.79 Å². The standard InChI is InChI=1S/C28H48N2O5.2ClH/c1-23(28(31)29-16-19-30-17-14-25(33-3)15-18-30)10-7-5-6-8-11-24-12-13-26(34-4)27(22-24)35-21-9-20-32-2;;/h12-13,22-23,25H,5-11,14-21H2,1-4H3,(H,29,31);2*1H/t23-;;/m1../s1. The highest BCUT2D eigenvalue weighted by molar-refractivity contribution is 5.85. The van der Waals surface area contributed by atoms with Crippen molar-refractivity contribution in [3.05, 3.63) is 23.8 Å². The summed E-state index contributed by atoms with van der Waals surface area (Å²) < 4.78 is 21.8. The number of likely N-dealkylation sites (tertiary alicyclic amines) is 1. The molecule has 1 aliphatic heterocycles. The summed E-state index contributed by atoms with van der Waals surface area (Å²) in [6.45, 7) is 7.14. The molecule has 1 aromatic rings. The summed E-state index contributed by atoms with van der Waals surface area (Å²) in [4.78, 5) is 14.8. The number of unbranched alkanes of at least 4 members (excludes halogenated alkanes) is 3. The van der Waals surface area contributed by atoms with Crippen molar-refractivity contribution in [2.75, 3.05) is 60.7 Å². The summed E-state index contributed by atoms with van der Waals surface area (Å²) in [5.41, 5.74) is 1.27. The van der Waals surface area contributed by atoms with Gasteiger partial charge in [0.1, 0.15) is 0 Å². The van der Waals surface area contributed by atoms with E-state index in [-0.39, 0.29) is 36.6 Å². The molecule has 1 heterocycles. The highest BCUT2D eigenvalue weighted by atomic mass is 35.5. The maximum absolute atomic E-state index is 12.4. The van der Waals surface area contributed by atoms with Gasteiger partial charge in [-0.1, -0.05) is 32.3 Å². The van der Waals surface area contributed by atoms with Gasteiger partial charge in [0.25, 0.3) is 0 Å². The number of aryl methyl sites for hydroxylation is 1. The summed E-state index contributed by atoms with van der Waals surface area (Å²) in [6, 6.07) is 6.20. The topological polar surface area (TPSA) is 69.3 Å². The Kier molecular flexibility index (Phi) is 20.9. The molecule has 1 aliphatic rings. The van der Waals surface area contributed by atoms with Crippen LogP contribution in [0.3, 0.4) is 0 Å². The Morgan fingerprint density at radius 3 is 2.41 bits per heavy atom. The molecule has 0 bridgehead atoms. The van der Waals surface area contributed by atoms with Gasteiger partial charge < -0.3 is 29.2 Å². The normalized spacial score (nSPS) is 14.8. The maximum atomic E-state index is 12.4. The van der Waals surface area contributed by atoms with Crippen LogP contribution in [0.15, 0.2) is 18.2 Å². The number of rotatable bonds is 18. The summed E-state index contributed by atoms with van der Waals surface area (Å²) in [6.07, 6.45) is 9.96. The van der Waals surface area contributed by atoms with E-state index < -0.39 is 0 Å². The van der Waals surface area contributed by atoms with Crippen LogP contribution >= 0.6 is 24.8 Å². The molecule has 0 spiro atoms. The number of nitrogens with one attached hydrogen (secondary N) is 1. The Labute approximate surface area is 237 Å². The molecule has 1 aromatic carbocycles. The summed E-state index contributed by atoms with van der Waals surface area (Å²) in [5.74, 6) is 1.84. The van der Waals surface area contributed by atoms with Crippen molar-refractivity contribution < 1.29 is 23.7 Å². The first-order valence-corrected chi connectivity index (χ1v) is 13.4. The average Bonchev–Trinajstić information content (AvgIpc) is 2.88. The zero-order valence-corrected chi connectivity index (χ0v) is 24.9. The fourth-order valence-corrected chi connectivity index (χ4v) is 4.52. The smallest absolute Gasteiger partial charge is 0.222 e. The van der Waals surface area contributed by atoms with E-state index in [4.69, 9.17) is 18.9 Å². The molecule has 2 rings (SSSR count). The van der Waals surface area contributed by atoms with E-state index in [2.05, 4.69) is 22.3 Å². The lowest BCUT2D eigenvalue weighted by Crippen LogP contribution is -2.42. The second-order valence-electron chi connectivity index (χ2n) is 9.60. The molecule has 7 nitrogen and oxygen atoms in total. The summed E-state index contributed by atoms with van der Waals surface area (Å²) in [5, 5.41) is 3.12. The molecule has 1 fully saturated rings. The minimum Gasteiger partial charge on any atom is -0.493 e. The number of hydrogen-bond acceptors (Lipinski definition) is 6. The molecule has 0 radical (unpaired) electrons. The van der Waals surface area contributed by atoms with Gasteiger partial charge in [0.2, 0.25) is 5.91 Å². The molecular formula is C28H50Cl2N2O5. The van der Waals surface area contributed by atoms with Crippen molar-refractivity contribution in [2.24, 2.45) is 5.92 Å². The van der Waals surface area contributed by atoms with E-state index in [0.29, 0.717) is 19.3 Å². The molecule has 0 aliphatic carbocycles. The minimum absolute atomic E-state index is 0. The van der Waals surface area contributed by atoms with Crippen LogP contribution in [-0.4, -0.2) is 77.6 Å². The van der Waals surface area contributed by atoms with Crippen molar-refractivity contribution in [3.63, 3.8) is 0 Å². The number of carbonyl (C=O) groups excluding carboxylic acids is 1. The zero-order chi connectivity index (χ0) is 25.3. The lowest BCUT2D eigenvalue weighted by Gasteiger charge is -2.31. The van der Waals surface area contributed by atoms with E-state index in [1.165, 1.54) is 12.0 Å². The Bertz CT molecular complexity index is 718. The van der Waals surface area contributed by atoms with Crippen LogP contribution in [0.1, 0.15) is 63.9 Å². The van der Waals surface area contributed by atoms with Crippen LogP contribution in [0.2, 0.25) is 0 Å². The first-order chi connectivity index (χ1) is 17.1. The van der Waals surface area contributed by atoms with Crippen LogP contribution in [0.25, 0.3) is 0 Å². The fraction of sp³-hybridized carbons (Fsp3) is 0.750. The number of carbonyl (C=O) groups is 1. The second kappa shape index (κ2) is 21.7. The van der Waals surface area contributed by atoms with Gasteiger partial charge in [-0.15, -0.1) is 24.8 Å². The fourth-order valence-electron chi connectivity index (χ4n) is 4.52. The zero-order valence-electron chi connectivity index (χ0n) is 23.3. The van der Waals surface area contributed by atoms with Crippen LogP contribution < -0.4 is 14.8 Å². The Morgan fingerprint density at radius 2 is 1.73 bits per heavy atom. The van der Waals surface area contributed by atoms with E-state index >= 15 is 0 Å². The van der Waals surface area contributed by atoms with Crippen LogP contribution in [-0.2, 0) is 20.7 Å². The minimum atomic E-state index is 0. The molecule has 1 saturated heterocycles. The summed E-state index contributed by atoms with van der Waals surface area (Å²) >= 11 is 0. The molecule has 0 saturated carbocycles. The molecule has 9 heteroatoms. The lowest BCUT2D eigenvalue weighted by molar-refractivity contribution is -0.124. The highest BCUT2D eigenvalue weighted by Gasteiger charge is 2.19. The predicted octanol–water partition coefficient (Wildman–Crippen LogP) is 5.31. The van der Waals surface area contributed by atoms with E-state index in [1.807, 2.05) is 13.0 Å². The quantitative estimate of drug-likeness (QED) is 0.244. The summed E-state index contributed by atoms with van der Waals surface area (Å²) in [7, 11) is 5.16.